The number of amides is 2. The lowest BCUT2D eigenvalue weighted by Gasteiger charge is -2.33. The Hall–Kier alpha value is -3.26. The van der Waals surface area contributed by atoms with E-state index in [1.54, 1.807) is 21.3 Å². The molecule has 1 fully saturated rings. The topological polar surface area (TPSA) is 78.4 Å². The molecule has 2 aromatic carbocycles. The Morgan fingerprint density at radius 3 is 2.26 bits per heavy atom. The Morgan fingerprint density at radius 2 is 1.68 bits per heavy atom. The molecule has 2 N–H and O–H groups in total. The van der Waals surface area contributed by atoms with Crippen molar-refractivity contribution in [2.75, 3.05) is 46.3 Å². The summed E-state index contributed by atoms with van der Waals surface area (Å²) in [6, 6.07) is 12.7. The van der Waals surface area contributed by atoms with Crippen molar-refractivity contribution >= 4 is 17.4 Å². The number of rotatable bonds is 5. The minimum absolute atomic E-state index is 0.123. The molecule has 34 heavy (non-hydrogen) atoms. The van der Waals surface area contributed by atoms with Gasteiger partial charge in [0.15, 0.2) is 11.5 Å². The van der Waals surface area contributed by atoms with Crippen molar-refractivity contribution in [3.05, 3.63) is 53.1 Å². The van der Waals surface area contributed by atoms with Crippen LogP contribution in [-0.4, -0.2) is 70.2 Å². The second kappa shape index (κ2) is 10.3. The molecule has 8 heteroatoms. The number of piperidine rings is 1. The fraction of sp³-hybridized carbons (Fsp3) is 0.462. The average molecular weight is 466 g/mol. The van der Waals surface area contributed by atoms with Crippen molar-refractivity contribution in [1.29, 1.82) is 0 Å². The number of urea groups is 1. The van der Waals surface area contributed by atoms with E-state index in [0.717, 1.165) is 48.3 Å². The lowest BCUT2D eigenvalue weighted by atomic mass is 9.93. The lowest BCUT2D eigenvalue weighted by molar-refractivity contribution is 0.184. The van der Waals surface area contributed by atoms with E-state index in [1.807, 2.05) is 26.1 Å². The van der Waals surface area contributed by atoms with Crippen molar-refractivity contribution in [2.24, 2.45) is 5.10 Å². The second-order valence-corrected chi connectivity index (χ2v) is 8.86. The summed E-state index contributed by atoms with van der Waals surface area (Å²) in [5.41, 5.74) is 4.90. The number of hydrogen-bond acceptors (Lipinski definition) is 6. The maximum absolute atomic E-state index is 12.7. The summed E-state index contributed by atoms with van der Waals surface area (Å²) in [4.78, 5) is 15.1. The molecule has 182 valence electrons. The molecule has 0 aliphatic carbocycles. The molecule has 0 saturated carbocycles. The van der Waals surface area contributed by atoms with E-state index >= 15 is 0 Å². The number of carbonyl (C=O) groups is 1. The maximum Gasteiger partial charge on any atom is 0.337 e. The van der Waals surface area contributed by atoms with E-state index in [9.17, 15) is 4.79 Å². The summed E-state index contributed by atoms with van der Waals surface area (Å²) in [7, 11) is 6.92. The van der Waals surface area contributed by atoms with Gasteiger partial charge in [-0.3, -0.25) is 0 Å². The molecule has 8 nitrogen and oxygen atoms in total. The zero-order valence-electron chi connectivity index (χ0n) is 20.7. The number of benzene rings is 2. The molecular formula is C26H35N5O3. The van der Waals surface area contributed by atoms with Gasteiger partial charge in [-0.25, -0.2) is 9.80 Å². The number of ether oxygens (including phenoxy) is 2. The first-order valence-electron chi connectivity index (χ1n) is 11.9. The molecule has 2 aliphatic heterocycles. The third kappa shape index (κ3) is 4.68. The van der Waals surface area contributed by atoms with Gasteiger partial charge in [-0.2, -0.15) is 5.10 Å². The minimum Gasteiger partial charge on any atom is -0.493 e. The molecule has 0 bridgehead atoms. The van der Waals surface area contributed by atoms with Gasteiger partial charge in [-0.05, 0) is 63.1 Å². The van der Waals surface area contributed by atoms with E-state index in [1.165, 1.54) is 10.7 Å². The van der Waals surface area contributed by atoms with Crippen molar-refractivity contribution in [2.45, 2.75) is 38.3 Å². The van der Waals surface area contributed by atoms with Gasteiger partial charge in [0.2, 0.25) is 0 Å². The van der Waals surface area contributed by atoms with Crippen molar-refractivity contribution in [3.63, 3.8) is 0 Å². The third-order valence-electron chi connectivity index (χ3n) is 6.84. The highest BCUT2D eigenvalue weighted by Crippen LogP contribution is 2.35. The van der Waals surface area contributed by atoms with Crippen LogP contribution < -0.4 is 25.0 Å². The Kier molecular flexibility index (Phi) is 7.26. The van der Waals surface area contributed by atoms with Crippen LogP contribution in [0.2, 0.25) is 0 Å². The zero-order valence-corrected chi connectivity index (χ0v) is 20.7. The van der Waals surface area contributed by atoms with Crippen molar-refractivity contribution in [1.82, 2.24) is 15.6 Å². The summed E-state index contributed by atoms with van der Waals surface area (Å²) in [5, 5.41) is 12.5. The van der Waals surface area contributed by atoms with Gasteiger partial charge in [-0.1, -0.05) is 12.1 Å². The molecule has 4 rings (SSSR count). The van der Waals surface area contributed by atoms with Gasteiger partial charge in [0.25, 0.3) is 0 Å². The van der Waals surface area contributed by atoms with Crippen LogP contribution in [0.15, 0.2) is 41.5 Å². The highest BCUT2D eigenvalue weighted by Gasteiger charge is 2.28. The van der Waals surface area contributed by atoms with Crippen LogP contribution in [0.1, 0.15) is 36.5 Å². The molecule has 1 saturated heterocycles. The predicted octanol–water partition coefficient (Wildman–Crippen LogP) is 3.23. The van der Waals surface area contributed by atoms with Crippen LogP contribution in [-0.2, 0) is 6.42 Å². The average Bonchev–Trinajstić information content (AvgIpc) is 3.03. The normalized spacial score (nSPS) is 18.6. The van der Waals surface area contributed by atoms with Crippen LogP contribution in [0.25, 0.3) is 0 Å². The number of methoxy groups -OCH3 is 2. The Bertz CT molecular complexity index is 1050. The van der Waals surface area contributed by atoms with Crippen molar-refractivity contribution in [3.8, 4) is 11.5 Å². The smallest absolute Gasteiger partial charge is 0.337 e. The number of fused-ring (bicyclic) bond motifs is 1. The van der Waals surface area contributed by atoms with Crippen LogP contribution in [0.5, 0.6) is 11.5 Å². The van der Waals surface area contributed by atoms with Crippen LogP contribution in [0, 0.1) is 0 Å². The molecule has 0 spiro atoms. The molecule has 0 radical (unpaired) electrons. The number of nitrogens with zero attached hydrogens (tertiary/aromatic N) is 3. The lowest BCUT2D eigenvalue weighted by Crippen LogP contribution is -2.41. The molecular weight excluding hydrogens is 430 g/mol. The van der Waals surface area contributed by atoms with Crippen LogP contribution >= 0.6 is 0 Å². The Labute approximate surface area is 201 Å². The first kappa shape index (κ1) is 23.9. The van der Waals surface area contributed by atoms with Gasteiger partial charge < -0.3 is 25.0 Å². The zero-order chi connectivity index (χ0) is 24.2. The van der Waals surface area contributed by atoms with E-state index < -0.39 is 0 Å². The van der Waals surface area contributed by atoms with E-state index in [-0.39, 0.29) is 12.1 Å². The standard InChI is InChI=1S/C26H35N5O3/c1-17-14-19-15-23(33-4)24(34-5)16-22(19)25(29-31(17)26(32)28-3)18-6-8-21(9-7-18)30-12-10-20(27-2)11-13-30/h6-9,15-17,20,27H,10-14H2,1-5H3,(H,28,32). The van der Waals surface area contributed by atoms with Crippen molar-refractivity contribution < 1.29 is 14.3 Å². The summed E-state index contributed by atoms with van der Waals surface area (Å²) in [6.07, 6.45) is 2.92. The fourth-order valence-electron chi connectivity index (χ4n) is 4.81. The summed E-state index contributed by atoms with van der Waals surface area (Å²) in [5.74, 6) is 1.31. The van der Waals surface area contributed by atoms with Gasteiger partial charge >= 0.3 is 6.03 Å². The predicted molar refractivity (Wildman–Crippen MR) is 135 cm³/mol. The third-order valence-corrected chi connectivity index (χ3v) is 6.84. The number of anilines is 1. The second-order valence-electron chi connectivity index (χ2n) is 8.86. The number of hydrazone groups is 1. The monoisotopic (exact) mass is 465 g/mol. The first-order valence-corrected chi connectivity index (χ1v) is 11.9. The molecule has 1 atom stereocenters. The highest BCUT2D eigenvalue weighted by molar-refractivity contribution is 6.14. The molecule has 2 amide bonds. The highest BCUT2D eigenvalue weighted by atomic mass is 16.5. The molecule has 1 unspecified atom stereocenters. The minimum atomic E-state index is -0.235. The molecule has 2 aromatic rings. The maximum atomic E-state index is 12.7. The van der Waals surface area contributed by atoms with Crippen LogP contribution in [0.4, 0.5) is 10.5 Å². The summed E-state index contributed by atoms with van der Waals surface area (Å²) in [6.45, 7) is 4.07. The Morgan fingerprint density at radius 1 is 1.03 bits per heavy atom. The summed E-state index contributed by atoms with van der Waals surface area (Å²) >= 11 is 0. The summed E-state index contributed by atoms with van der Waals surface area (Å²) < 4.78 is 11.1. The molecule has 0 aromatic heterocycles. The van der Waals surface area contributed by atoms with Crippen LogP contribution in [0.3, 0.4) is 0 Å². The number of hydrogen-bond donors (Lipinski definition) is 2. The van der Waals surface area contributed by atoms with E-state index in [4.69, 9.17) is 14.6 Å². The van der Waals surface area contributed by atoms with E-state index in [2.05, 4.69) is 39.8 Å². The largest absolute Gasteiger partial charge is 0.493 e. The first-order chi connectivity index (χ1) is 16.5. The Balaban J connectivity index is 1.74. The van der Waals surface area contributed by atoms with Gasteiger partial charge in [0.1, 0.15) is 0 Å². The SMILES string of the molecule is CNC(=O)N1N=C(c2ccc(N3CCC(NC)CC3)cc2)c2cc(OC)c(OC)cc2CC1C. The number of carbonyl (C=O) groups excluding carboxylic acids is 1. The fourth-order valence-corrected chi connectivity index (χ4v) is 4.81. The van der Waals surface area contributed by atoms with Gasteiger partial charge in [0, 0.05) is 43.0 Å². The number of nitrogens with one attached hydrogen (secondary N) is 2. The molecule has 2 aliphatic rings. The quantitative estimate of drug-likeness (QED) is 0.709. The van der Waals surface area contributed by atoms with Gasteiger partial charge in [-0.15, -0.1) is 0 Å². The molecule has 2 heterocycles. The van der Waals surface area contributed by atoms with Gasteiger partial charge in [0.05, 0.1) is 26.0 Å². The van der Waals surface area contributed by atoms with E-state index in [0.29, 0.717) is 24.0 Å².